The van der Waals surface area contributed by atoms with Crippen LogP contribution in [0.5, 0.6) is 0 Å². The molecule has 7 nitrogen and oxygen atoms in total. The van der Waals surface area contributed by atoms with E-state index in [0.717, 1.165) is 23.4 Å². The number of nitrogens with zero attached hydrogens (tertiary/aromatic N) is 2. The second-order valence-electron chi connectivity index (χ2n) is 6.95. The first-order valence-electron chi connectivity index (χ1n) is 9.55. The number of amides is 3. The van der Waals surface area contributed by atoms with Crippen LogP contribution in [-0.4, -0.2) is 29.3 Å². The van der Waals surface area contributed by atoms with Crippen LogP contribution >= 0.6 is 11.3 Å². The Morgan fingerprint density at radius 3 is 2.60 bits per heavy atom. The van der Waals surface area contributed by atoms with Crippen molar-refractivity contribution in [3.8, 4) is 11.3 Å². The van der Waals surface area contributed by atoms with Crippen LogP contribution < -0.4 is 15.5 Å². The molecule has 2 N–H and O–H groups in total. The molecule has 1 aliphatic heterocycles. The molecule has 0 bridgehead atoms. The number of rotatable bonds is 5. The molecule has 2 heterocycles. The minimum atomic E-state index is -0.273. The molecule has 0 unspecified atom stereocenters. The normalized spacial score (nSPS) is 13.4. The summed E-state index contributed by atoms with van der Waals surface area (Å²) in [5.41, 5.74) is 3.55. The molecule has 0 spiro atoms. The van der Waals surface area contributed by atoms with Gasteiger partial charge in [0.15, 0.2) is 5.13 Å². The number of carbonyl (C=O) groups excluding carboxylic acids is 3. The third kappa shape index (κ3) is 4.38. The van der Waals surface area contributed by atoms with Crippen LogP contribution in [0.15, 0.2) is 53.9 Å². The van der Waals surface area contributed by atoms with E-state index in [4.69, 9.17) is 0 Å². The summed E-state index contributed by atoms with van der Waals surface area (Å²) in [5, 5.41) is 7.90. The zero-order chi connectivity index (χ0) is 21.1. The largest absolute Gasteiger partial charge is 0.326 e. The number of thiazole rings is 1. The minimum Gasteiger partial charge on any atom is -0.326 e. The SMILES string of the molecule is CC(=O)Nc1ccc(-c2csc(NC(=O)c3cccc(N4CCCC4=O)c3)n2)cc1. The Morgan fingerprint density at radius 2 is 1.90 bits per heavy atom. The van der Waals surface area contributed by atoms with Crippen molar-refractivity contribution in [2.45, 2.75) is 19.8 Å². The first kappa shape index (κ1) is 19.8. The third-order valence-corrected chi connectivity index (χ3v) is 5.48. The number of carbonyl (C=O) groups is 3. The molecule has 3 amide bonds. The van der Waals surface area contributed by atoms with E-state index in [1.165, 1.54) is 18.3 Å². The van der Waals surface area contributed by atoms with E-state index in [1.807, 2.05) is 23.6 Å². The van der Waals surface area contributed by atoms with Crippen LogP contribution in [0.4, 0.5) is 16.5 Å². The highest BCUT2D eigenvalue weighted by Gasteiger charge is 2.22. The molecule has 8 heteroatoms. The Bertz CT molecular complexity index is 1110. The number of aromatic nitrogens is 1. The molecule has 152 valence electrons. The maximum absolute atomic E-state index is 12.7. The first-order valence-corrected chi connectivity index (χ1v) is 10.4. The zero-order valence-electron chi connectivity index (χ0n) is 16.3. The van der Waals surface area contributed by atoms with Crippen molar-refractivity contribution in [1.29, 1.82) is 0 Å². The van der Waals surface area contributed by atoms with E-state index in [-0.39, 0.29) is 17.7 Å². The Labute approximate surface area is 177 Å². The second-order valence-corrected chi connectivity index (χ2v) is 7.81. The summed E-state index contributed by atoms with van der Waals surface area (Å²) in [5.74, 6) is -0.313. The van der Waals surface area contributed by atoms with Crippen LogP contribution in [0.25, 0.3) is 11.3 Å². The fourth-order valence-electron chi connectivity index (χ4n) is 3.30. The van der Waals surface area contributed by atoms with Crippen LogP contribution in [-0.2, 0) is 9.59 Å². The van der Waals surface area contributed by atoms with Gasteiger partial charge in [0.1, 0.15) is 0 Å². The summed E-state index contributed by atoms with van der Waals surface area (Å²) in [7, 11) is 0. The van der Waals surface area contributed by atoms with Crippen molar-refractivity contribution in [2.24, 2.45) is 0 Å². The predicted octanol–water partition coefficient (Wildman–Crippen LogP) is 4.15. The molecule has 1 aliphatic rings. The summed E-state index contributed by atoms with van der Waals surface area (Å²) < 4.78 is 0. The van der Waals surface area contributed by atoms with Gasteiger partial charge in [-0.05, 0) is 36.8 Å². The quantitative estimate of drug-likeness (QED) is 0.649. The average molecular weight is 420 g/mol. The van der Waals surface area contributed by atoms with Gasteiger partial charge >= 0.3 is 0 Å². The highest BCUT2D eigenvalue weighted by atomic mass is 32.1. The topological polar surface area (TPSA) is 91.4 Å². The van der Waals surface area contributed by atoms with Gasteiger partial charge in [0.05, 0.1) is 5.69 Å². The smallest absolute Gasteiger partial charge is 0.257 e. The molecule has 1 aromatic heterocycles. The van der Waals surface area contributed by atoms with Crippen molar-refractivity contribution in [1.82, 2.24) is 4.98 Å². The molecule has 0 aliphatic carbocycles. The number of anilines is 3. The lowest BCUT2D eigenvalue weighted by atomic mass is 10.1. The average Bonchev–Trinajstić information content (AvgIpc) is 3.37. The monoisotopic (exact) mass is 420 g/mol. The van der Waals surface area contributed by atoms with Gasteiger partial charge in [-0.1, -0.05) is 18.2 Å². The maximum Gasteiger partial charge on any atom is 0.257 e. The van der Waals surface area contributed by atoms with Crippen molar-refractivity contribution in [2.75, 3.05) is 22.1 Å². The first-order chi connectivity index (χ1) is 14.5. The lowest BCUT2D eigenvalue weighted by Crippen LogP contribution is -2.24. The Kier molecular flexibility index (Phi) is 5.58. The van der Waals surface area contributed by atoms with E-state index in [2.05, 4.69) is 15.6 Å². The lowest BCUT2D eigenvalue weighted by molar-refractivity contribution is -0.117. The highest BCUT2D eigenvalue weighted by Crippen LogP contribution is 2.27. The second kappa shape index (κ2) is 8.46. The Hall–Kier alpha value is -3.52. The predicted molar refractivity (Wildman–Crippen MR) is 118 cm³/mol. The maximum atomic E-state index is 12.7. The number of benzene rings is 2. The molecular formula is C22H20N4O3S. The van der Waals surface area contributed by atoms with Gasteiger partial charge in [-0.15, -0.1) is 11.3 Å². The van der Waals surface area contributed by atoms with E-state index in [9.17, 15) is 14.4 Å². The molecule has 30 heavy (non-hydrogen) atoms. The molecule has 1 fully saturated rings. The Balaban J connectivity index is 1.45. The van der Waals surface area contributed by atoms with Gasteiger partial charge in [-0.2, -0.15) is 0 Å². The molecule has 2 aromatic carbocycles. The molecule has 0 atom stereocenters. The number of hydrogen-bond donors (Lipinski definition) is 2. The Morgan fingerprint density at radius 1 is 1.10 bits per heavy atom. The highest BCUT2D eigenvalue weighted by molar-refractivity contribution is 7.14. The van der Waals surface area contributed by atoms with Crippen LogP contribution in [0.3, 0.4) is 0 Å². The van der Waals surface area contributed by atoms with Gasteiger partial charge in [0.2, 0.25) is 11.8 Å². The molecular weight excluding hydrogens is 400 g/mol. The summed E-state index contributed by atoms with van der Waals surface area (Å²) in [4.78, 5) is 41.9. The molecule has 0 saturated carbocycles. The summed E-state index contributed by atoms with van der Waals surface area (Å²) in [6.07, 6.45) is 1.38. The molecule has 0 radical (unpaired) electrons. The van der Waals surface area contributed by atoms with Gasteiger partial charge in [0.25, 0.3) is 5.91 Å². The summed E-state index contributed by atoms with van der Waals surface area (Å²) in [6.45, 7) is 2.14. The molecule has 1 saturated heterocycles. The lowest BCUT2D eigenvalue weighted by Gasteiger charge is -2.16. The van der Waals surface area contributed by atoms with Crippen LogP contribution in [0, 0.1) is 0 Å². The van der Waals surface area contributed by atoms with E-state index in [0.29, 0.717) is 29.3 Å². The standard InChI is InChI=1S/C22H20N4O3S/c1-14(27)23-17-9-7-15(8-10-17)19-13-30-22(24-19)25-21(29)16-4-2-5-18(12-16)26-11-3-6-20(26)28/h2,4-5,7-10,12-13H,3,6,11H2,1H3,(H,23,27)(H,24,25,29). The van der Waals surface area contributed by atoms with E-state index < -0.39 is 0 Å². The van der Waals surface area contributed by atoms with E-state index >= 15 is 0 Å². The van der Waals surface area contributed by atoms with Crippen molar-refractivity contribution in [3.05, 3.63) is 59.5 Å². The van der Waals surface area contributed by atoms with Gasteiger partial charge < -0.3 is 10.2 Å². The van der Waals surface area contributed by atoms with Gasteiger partial charge in [-0.3, -0.25) is 19.7 Å². The van der Waals surface area contributed by atoms with E-state index in [1.54, 1.807) is 35.2 Å². The summed E-state index contributed by atoms with van der Waals surface area (Å²) in [6, 6.07) is 14.4. The number of hydrogen-bond acceptors (Lipinski definition) is 5. The van der Waals surface area contributed by atoms with Gasteiger partial charge in [-0.25, -0.2) is 4.98 Å². The van der Waals surface area contributed by atoms with Crippen molar-refractivity contribution < 1.29 is 14.4 Å². The third-order valence-electron chi connectivity index (χ3n) is 4.72. The van der Waals surface area contributed by atoms with Crippen LogP contribution in [0.2, 0.25) is 0 Å². The summed E-state index contributed by atoms with van der Waals surface area (Å²) >= 11 is 1.33. The zero-order valence-corrected chi connectivity index (χ0v) is 17.2. The van der Waals surface area contributed by atoms with Gasteiger partial charge in [0, 0.05) is 47.8 Å². The number of nitrogens with one attached hydrogen (secondary N) is 2. The van der Waals surface area contributed by atoms with Crippen molar-refractivity contribution >= 4 is 45.6 Å². The minimum absolute atomic E-state index is 0.0849. The fraction of sp³-hybridized carbons (Fsp3) is 0.182. The van der Waals surface area contributed by atoms with Crippen molar-refractivity contribution in [3.63, 3.8) is 0 Å². The van der Waals surface area contributed by atoms with Crippen LogP contribution in [0.1, 0.15) is 30.1 Å². The molecule has 3 aromatic rings. The molecule has 4 rings (SSSR count). The fourth-order valence-corrected chi connectivity index (χ4v) is 4.01.